The lowest BCUT2D eigenvalue weighted by atomic mass is 10.1. The second kappa shape index (κ2) is 7.14. The van der Waals surface area contributed by atoms with Crippen molar-refractivity contribution in [2.45, 2.75) is 39.3 Å². The van der Waals surface area contributed by atoms with Crippen molar-refractivity contribution < 1.29 is 14.1 Å². The molecule has 1 aliphatic carbocycles. The van der Waals surface area contributed by atoms with Gasteiger partial charge in [0.1, 0.15) is 12.4 Å². The van der Waals surface area contributed by atoms with Crippen LogP contribution in [0.15, 0.2) is 42.5 Å². The van der Waals surface area contributed by atoms with Gasteiger partial charge in [-0.25, -0.2) is 4.39 Å². The Morgan fingerprint density at radius 1 is 1.21 bits per heavy atom. The van der Waals surface area contributed by atoms with E-state index in [0.717, 1.165) is 34.6 Å². The summed E-state index contributed by atoms with van der Waals surface area (Å²) >= 11 is 0. The molecule has 0 spiro atoms. The van der Waals surface area contributed by atoms with Gasteiger partial charge >= 0.3 is 0 Å². The van der Waals surface area contributed by atoms with Crippen molar-refractivity contribution in [1.29, 1.82) is 0 Å². The molecule has 0 heterocycles. The summed E-state index contributed by atoms with van der Waals surface area (Å²) in [5, 5.41) is 3.01. The first-order chi connectivity index (χ1) is 11.5. The molecule has 2 aromatic rings. The first kappa shape index (κ1) is 16.7. The van der Waals surface area contributed by atoms with Crippen LogP contribution in [0, 0.1) is 19.7 Å². The van der Waals surface area contributed by atoms with E-state index in [1.165, 1.54) is 6.07 Å². The predicted octanol–water partition coefficient (Wildman–Crippen LogP) is 2.63. The van der Waals surface area contributed by atoms with E-state index in [2.05, 4.69) is 5.32 Å². The lowest BCUT2D eigenvalue weighted by Crippen LogP contribution is -3.13. The van der Waals surface area contributed by atoms with Gasteiger partial charge in [0.05, 0.1) is 6.04 Å². The average Bonchev–Trinajstić information content (AvgIpc) is 3.37. The summed E-state index contributed by atoms with van der Waals surface area (Å²) < 4.78 is 13.9. The van der Waals surface area contributed by atoms with Gasteiger partial charge in [0.2, 0.25) is 0 Å². The lowest BCUT2D eigenvalue weighted by molar-refractivity contribution is -0.917. The van der Waals surface area contributed by atoms with E-state index in [1.54, 1.807) is 12.1 Å². The van der Waals surface area contributed by atoms with Crippen LogP contribution in [0.1, 0.15) is 29.5 Å². The summed E-state index contributed by atoms with van der Waals surface area (Å²) in [5.74, 6) is -0.201. The second-order valence-corrected chi connectivity index (χ2v) is 6.74. The fraction of sp³-hybridized carbons (Fsp3) is 0.350. The fourth-order valence-electron chi connectivity index (χ4n) is 3.00. The van der Waals surface area contributed by atoms with Crippen molar-refractivity contribution in [3.8, 4) is 0 Å². The maximum Gasteiger partial charge on any atom is 0.279 e. The zero-order valence-corrected chi connectivity index (χ0v) is 14.2. The summed E-state index contributed by atoms with van der Waals surface area (Å²) in [7, 11) is 0. The van der Waals surface area contributed by atoms with Crippen LogP contribution in [0.5, 0.6) is 0 Å². The largest absolute Gasteiger partial charge is 0.321 e. The second-order valence-electron chi connectivity index (χ2n) is 6.74. The molecule has 2 N–H and O–H groups in total. The Bertz CT molecular complexity index is 740. The molecular formula is C20H24FN2O+. The van der Waals surface area contributed by atoms with Gasteiger partial charge in [-0.1, -0.05) is 30.3 Å². The van der Waals surface area contributed by atoms with Crippen LogP contribution >= 0.6 is 0 Å². The standard InChI is InChI=1S/C20H23FN2O/c1-14-7-8-15(2)19(11-14)22-20(24)13-23(17-9-10-17)12-16-5-3-4-6-18(16)21/h3-8,11,17H,9-10,12-13H2,1-2H3,(H,22,24)/p+1. The highest BCUT2D eigenvalue weighted by molar-refractivity contribution is 5.92. The summed E-state index contributed by atoms with van der Waals surface area (Å²) in [6.45, 7) is 4.92. The number of carbonyl (C=O) groups excluding carboxylic acids is 1. The number of hydrogen-bond acceptors (Lipinski definition) is 1. The van der Waals surface area contributed by atoms with Crippen molar-refractivity contribution in [2.75, 3.05) is 11.9 Å². The van der Waals surface area contributed by atoms with Crippen molar-refractivity contribution in [2.24, 2.45) is 0 Å². The van der Waals surface area contributed by atoms with E-state index in [9.17, 15) is 9.18 Å². The van der Waals surface area contributed by atoms with E-state index in [1.807, 2.05) is 38.1 Å². The number of benzene rings is 2. The summed E-state index contributed by atoms with van der Waals surface area (Å²) in [4.78, 5) is 13.6. The summed E-state index contributed by atoms with van der Waals surface area (Å²) in [6, 6.07) is 13.3. The minimum Gasteiger partial charge on any atom is -0.321 e. The Morgan fingerprint density at radius 3 is 2.67 bits per heavy atom. The van der Waals surface area contributed by atoms with Crippen LogP contribution in [0.25, 0.3) is 0 Å². The van der Waals surface area contributed by atoms with E-state index >= 15 is 0 Å². The molecule has 1 aliphatic rings. The van der Waals surface area contributed by atoms with Gasteiger partial charge in [0, 0.05) is 24.1 Å². The van der Waals surface area contributed by atoms with E-state index in [4.69, 9.17) is 0 Å². The highest BCUT2D eigenvalue weighted by atomic mass is 19.1. The Kier molecular flexibility index (Phi) is 4.95. The number of carbonyl (C=O) groups is 1. The topological polar surface area (TPSA) is 33.5 Å². The number of rotatable bonds is 6. The van der Waals surface area contributed by atoms with Gasteiger partial charge in [-0.15, -0.1) is 0 Å². The Morgan fingerprint density at radius 2 is 1.96 bits per heavy atom. The monoisotopic (exact) mass is 327 g/mol. The number of anilines is 1. The molecule has 3 rings (SSSR count). The molecular weight excluding hydrogens is 303 g/mol. The predicted molar refractivity (Wildman–Crippen MR) is 93.5 cm³/mol. The maximum absolute atomic E-state index is 13.9. The summed E-state index contributed by atoms with van der Waals surface area (Å²) in [5.41, 5.74) is 3.71. The first-order valence-corrected chi connectivity index (χ1v) is 8.48. The van der Waals surface area contributed by atoms with Gasteiger partial charge in [-0.05, 0) is 37.1 Å². The highest BCUT2D eigenvalue weighted by Crippen LogP contribution is 2.17. The minimum absolute atomic E-state index is 0.0121. The number of halogens is 1. The van der Waals surface area contributed by atoms with Gasteiger partial charge in [0.25, 0.3) is 5.91 Å². The zero-order valence-electron chi connectivity index (χ0n) is 14.2. The van der Waals surface area contributed by atoms with Crippen molar-refractivity contribution in [3.63, 3.8) is 0 Å². The van der Waals surface area contributed by atoms with Crippen molar-refractivity contribution >= 4 is 11.6 Å². The molecule has 1 fully saturated rings. The third-order valence-electron chi connectivity index (χ3n) is 4.58. The SMILES string of the molecule is Cc1ccc(C)c(NC(=O)C[NH+](Cc2ccccc2F)C2CC2)c1. The third-order valence-corrected chi connectivity index (χ3v) is 4.58. The Labute approximate surface area is 142 Å². The Hall–Kier alpha value is -2.20. The quantitative estimate of drug-likeness (QED) is 0.840. The number of amides is 1. The van der Waals surface area contributed by atoms with Gasteiger partial charge < -0.3 is 10.2 Å². The van der Waals surface area contributed by atoms with Gasteiger partial charge in [-0.3, -0.25) is 4.79 Å². The average molecular weight is 327 g/mol. The maximum atomic E-state index is 13.9. The van der Waals surface area contributed by atoms with E-state index in [-0.39, 0.29) is 11.7 Å². The zero-order chi connectivity index (χ0) is 17.1. The van der Waals surface area contributed by atoms with Crippen molar-refractivity contribution in [1.82, 2.24) is 0 Å². The van der Waals surface area contributed by atoms with Crippen LogP contribution < -0.4 is 10.2 Å². The number of nitrogens with one attached hydrogen (secondary N) is 2. The molecule has 0 aliphatic heterocycles. The van der Waals surface area contributed by atoms with Crippen LogP contribution in [0.3, 0.4) is 0 Å². The number of quaternary nitrogens is 1. The lowest BCUT2D eigenvalue weighted by Gasteiger charge is -2.19. The van der Waals surface area contributed by atoms with Gasteiger partial charge in [-0.2, -0.15) is 0 Å². The molecule has 4 heteroatoms. The molecule has 126 valence electrons. The molecule has 1 atom stereocenters. The molecule has 0 radical (unpaired) electrons. The molecule has 3 nitrogen and oxygen atoms in total. The smallest absolute Gasteiger partial charge is 0.279 e. The fourth-order valence-corrected chi connectivity index (χ4v) is 3.00. The molecule has 1 amide bonds. The van der Waals surface area contributed by atoms with E-state index < -0.39 is 0 Å². The normalized spacial score (nSPS) is 15.1. The molecule has 1 unspecified atom stereocenters. The summed E-state index contributed by atoms with van der Waals surface area (Å²) in [6.07, 6.45) is 2.22. The van der Waals surface area contributed by atoms with Crippen LogP contribution in [-0.2, 0) is 11.3 Å². The minimum atomic E-state index is -0.189. The third kappa shape index (κ3) is 4.20. The van der Waals surface area contributed by atoms with Gasteiger partial charge in [0.15, 0.2) is 6.54 Å². The molecule has 0 saturated heterocycles. The molecule has 0 bridgehead atoms. The van der Waals surface area contributed by atoms with Crippen LogP contribution in [0.4, 0.5) is 10.1 Å². The molecule has 24 heavy (non-hydrogen) atoms. The first-order valence-electron chi connectivity index (χ1n) is 8.48. The van der Waals surface area contributed by atoms with Crippen LogP contribution in [0.2, 0.25) is 0 Å². The van der Waals surface area contributed by atoms with E-state index in [0.29, 0.717) is 24.7 Å². The number of hydrogen-bond donors (Lipinski definition) is 2. The highest BCUT2D eigenvalue weighted by Gasteiger charge is 2.35. The molecule has 0 aromatic heterocycles. The van der Waals surface area contributed by atoms with Crippen LogP contribution in [-0.4, -0.2) is 18.5 Å². The Balaban J connectivity index is 1.66. The molecule has 1 saturated carbocycles. The number of aryl methyl sites for hydroxylation is 2. The molecule has 2 aromatic carbocycles. The van der Waals surface area contributed by atoms with Crippen molar-refractivity contribution in [3.05, 3.63) is 65.0 Å².